The third-order valence-corrected chi connectivity index (χ3v) is 7.26. The molecule has 4 aromatic rings. The van der Waals surface area contributed by atoms with Gasteiger partial charge in [-0.15, -0.1) is 40.3 Å². The molecule has 0 radical (unpaired) electrons. The third kappa shape index (κ3) is 6.64. The monoisotopic (exact) mass is 622 g/mol. The van der Waals surface area contributed by atoms with E-state index in [1.54, 1.807) is 0 Å². The molecule has 0 aliphatic rings. The van der Waals surface area contributed by atoms with Gasteiger partial charge >= 0.3 is 25.8 Å². The number of fused-ring (bicyclic) bond motifs is 1. The van der Waals surface area contributed by atoms with Crippen LogP contribution in [0, 0.1) is 41.5 Å². The summed E-state index contributed by atoms with van der Waals surface area (Å²) in [7, 11) is 0.759. The van der Waals surface area contributed by atoms with E-state index in [2.05, 4.69) is 102 Å². The van der Waals surface area contributed by atoms with Crippen molar-refractivity contribution in [3.8, 4) is 0 Å². The molecular formula is C26H29Cl2HfP. The second kappa shape index (κ2) is 13.0. The van der Waals surface area contributed by atoms with Crippen LogP contribution in [0.15, 0.2) is 60.7 Å². The molecule has 4 heteroatoms. The van der Waals surface area contributed by atoms with E-state index >= 15 is 0 Å². The molecule has 0 aromatic heterocycles. The molecule has 0 saturated carbocycles. The van der Waals surface area contributed by atoms with Crippen molar-refractivity contribution in [3.63, 3.8) is 0 Å². The van der Waals surface area contributed by atoms with Gasteiger partial charge in [-0.25, -0.2) is 0 Å². The zero-order chi connectivity index (χ0) is 19.6. The van der Waals surface area contributed by atoms with Crippen LogP contribution in [0.5, 0.6) is 0 Å². The summed E-state index contributed by atoms with van der Waals surface area (Å²) < 4.78 is 0. The van der Waals surface area contributed by atoms with Crippen LogP contribution in [0.1, 0.15) is 33.4 Å². The normalized spacial score (nSPS) is 10.1. The first-order chi connectivity index (χ1) is 12.9. The molecule has 0 nitrogen and oxygen atoms in total. The molecule has 156 valence electrons. The van der Waals surface area contributed by atoms with Gasteiger partial charge in [0.2, 0.25) is 0 Å². The van der Waals surface area contributed by atoms with Gasteiger partial charge in [0.05, 0.1) is 0 Å². The molecule has 0 aliphatic heterocycles. The number of halogens is 2. The largest absolute Gasteiger partial charge is 4.00 e. The quantitative estimate of drug-likeness (QED) is 0.173. The van der Waals surface area contributed by atoms with Gasteiger partial charge in [-0.2, -0.15) is 33.9 Å². The van der Waals surface area contributed by atoms with Crippen molar-refractivity contribution in [2.45, 2.75) is 41.5 Å². The molecule has 0 amide bonds. The molecular weight excluding hydrogens is 593 g/mol. The summed E-state index contributed by atoms with van der Waals surface area (Å²) in [5.74, 6) is 0. The smallest absolute Gasteiger partial charge is 1.00 e. The first kappa shape index (κ1) is 29.3. The summed E-state index contributed by atoms with van der Waals surface area (Å²) in [6, 6.07) is 21.8. The van der Waals surface area contributed by atoms with Gasteiger partial charge < -0.3 is 24.8 Å². The van der Waals surface area contributed by atoms with Crippen molar-refractivity contribution in [2.75, 3.05) is 0 Å². The van der Waals surface area contributed by atoms with Crippen molar-refractivity contribution in [3.05, 3.63) is 94.0 Å². The van der Waals surface area contributed by atoms with Crippen LogP contribution >= 0.6 is 8.58 Å². The Morgan fingerprint density at radius 1 is 0.767 bits per heavy atom. The Hall–Kier alpha value is -0.720. The standard InChI is InChI=1S/C16H14P.C10H15.2ClH.Hf/c1-12-6-2-5-9-16(12)17-15-10-13-7-3-4-8-14(13)11-15;1-6-7(2)9(4)10(5)8(6)3;;;/h2-11,17H,1H3;1-5H3;2*1H;/q2*-1;;;+4/p-2. The molecule has 4 aromatic carbocycles. The fourth-order valence-electron chi connectivity index (χ4n) is 3.50. The number of aryl methyl sites for hydroxylation is 1. The van der Waals surface area contributed by atoms with Gasteiger partial charge in [-0.05, 0) is 17.8 Å². The molecule has 0 fully saturated rings. The van der Waals surface area contributed by atoms with Crippen molar-refractivity contribution < 1.29 is 50.7 Å². The first-order valence-corrected chi connectivity index (χ1v) is 10.6. The maximum absolute atomic E-state index is 2.31. The van der Waals surface area contributed by atoms with Gasteiger partial charge in [-0.1, -0.05) is 73.5 Å². The van der Waals surface area contributed by atoms with Crippen molar-refractivity contribution in [1.29, 1.82) is 0 Å². The fourth-order valence-corrected chi connectivity index (χ4v) is 4.72. The van der Waals surface area contributed by atoms with Crippen LogP contribution in [0.2, 0.25) is 0 Å². The summed E-state index contributed by atoms with van der Waals surface area (Å²) in [6.07, 6.45) is 0. The predicted octanol–water partition coefficient (Wildman–Crippen LogP) is 0.450. The molecule has 4 rings (SSSR count). The molecule has 0 aliphatic carbocycles. The van der Waals surface area contributed by atoms with E-state index in [1.807, 2.05) is 0 Å². The van der Waals surface area contributed by atoms with E-state index in [0.717, 1.165) is 8.58 Å². The van der Waals surface area contributed by atoms with E-state index in [1.165, 1.54) is 54.8 Å². The van der Waals surface area contributed by atoms with E-state index in [4.69, 9.17) is 0 Å². The van der Waals surface area contributed by atoms with Crippen LogP contribution in [0.25, 0.3) is 10.8 Å². The van der Waals surface area contributed by atoms with Gasteiger partial charge in [-0.3, -0.25) is 0 Å². The summed E-state index contributed by atoms with van der Waals surface area (Å²) >= 11 is 0. The van der Waals surface area contributed by atoms with Crippen LogP contribution in [0.4, 0.5) is 0 Å². The van der Waals surface area contributed by atoms with Gasteiger partial charge in [0.25, 0.3) is 0 Å². The van der Waals surface area contributed by atoms with Crippen LogP contribution in [-0.2, 0) is 25.8 Å². The maximum atomic E-state index is 2.31. The Labute approximate surface area is 215 Å². The minimum atomic E-state index is 0. The molecule has 0 N–H and O–H groups in total. The molecule has 0 spiro atoms. The van der Waals surface area contributed by atoms with Gasteiger partial charge in [0.15, 0.2) is 0 Å². The zero-order valence-electron chi connectivity index (χ0n) is 18.5. The Kier molecular flexibility index (Phi) is 12.7. The van der Waals surface area contributed by atoms with Crippen LogP contribution < -0.4 is 35.4 Å². The zero-order valence-corrected chi connectivity index (χ0v) is 24.6. The number of hydrogen-bond donors (Lipinski definition) is 0. The van der Waals surface area contributed by atoms with E-state index in [9.17, 15) is 0 Å². The summed E-state index contributed by atoms with van der Waals surface area (Å²) in [5.41, 5.74) is 8.72. The summed E-state index contributed by atoms with van der Waals surface area (Å²) in [5, 5.41) is 5.58. The molecule has 1 unspecified atom stereocenters. The number of rotatable bonds is 2. The van der Waals surface area contributed by atoms with Gasteiger partial charge in [0, 0.05) is 0 Å². The fraction of sp³-hybridized carbons (Fsp3) is 0.231. The van der Waals surface area contributed by atoms with Gasteiger partial charge in [0.1, 0.15) is 0 Å². The molecule has 0 bridgehead atoms. The van der Waals surface area contributed by atoms with Crippen molar-refractivity contribution >= 4 is 30.0 Å². The Balaban J connectivity index is 0.000000569. The Morgan fingerprint density at radius 2 is 1.30 bits per heavy atom. The topological polar surface area (TPSA) is 0 Å². The number of benzene rings is 2. The first-order valence-electron chi connectivity index (χ1n) is 9.56. The molecule has 1 atom stereocenters. The average Bonchev–Trinajstić information content (AvgIpc) is 3.15. The minimum absolute atomic E-state index is 0. The molecule has 30 heavy (non-hydrogen) atoms. The molecule has 0 heterocycles. The van der Waals surface area contributed by atoms with Crippen molar-refractivity contribution in [1.82, 2.24) is 0 Å². The Bertz CT molecular complexity index is 963. The van der Waals surface area contributed by atoms with Crippen molar-refractivity contribution in [2.24, 2.45) is 0 Å². The van der Waals surface area contributed by atoms with E-state index in [-0.39, 0.29) is 50.7 Å². The average molecular weight is 622 g/mol. The maximum Gasteiger partial charge on any atom is 4.00 e. The Morgan fingerprint density at radius 3 is 1.80 bits per heavy atom. The summed E-state index contributed by atoms with van der Waals surface area (Å²) in [4.78, 5) is 0. The predicted molar refractivity (Wildman–Crippen MR) is 124 cm³/mol. The number of hydrogen-bond acceptors (Lipinski definition) is 0. The van der Waals surface area contributed by atoms with Crippen LogP contribution in [0.3, 0.4) is 0 Å². The van der Waals surface area contributed by atoms with Crippen LogP contribution in [-0.4, -0.2) is 0 Å². The van der Waals surface area contributed by atoms with E-state index < -0.39 is 0 Å². The SMILES string of the molecule is Cc1c(C)c(C)[c-](C)c1C.Cc1ccccc1Pc1cc2ccccc2[cH-]1.[Cl-].[Cl-].[Hf+4]. The summed E-state index contributed by atoms with van der Waals surface area (Å²) in [6.45, 7) is 13.2. The second-order valence-corrected chi connectivity index (χ2v) is 8.80. The second-order valence-electron chi connectivity index (χ2n) is 7.44. The van der Waals surface area contributed by atoms with E-state index in [0.29, 0.717) is 0 Å². The third-order valence-electron chi connectivity index (χ3n) is 5.85. The molecule has 0 saturated heterocycles. The minimum Gasteiger partial charge on any atom is -1.00 e.